The zero-order valence-corrected chi connectivity index (χ0v) is 16.1. The van der Waals surface area contributed by atoms with Crippen molar-refractivity contribution in [1.29, 1.82) is 0 Å². The van der Waals surface area contributed by atoms with Crippen LogP contribution >= 0.6 is 0 Å². The number of rotatable bonds is 7. The van der Waals surface area contributed by atoms with Crippen LogP contribution in [0.2, 0.25) is 0 Å². The van der Waals surface area contributed by atoms with Crippen LogP contribution in [0.25, 0.3) is 0 Å². The largest absolute Gasteiger partial charge is 0.454 e. The van der Waals surface area contributed by atoms with Crippen LogP contribution in [0, 0.1) is 13.8 Å². The number of hydrogen-bond donors (Lipinski definition) is 1. The first kappa shape index (κ1) is 19.8. The van der Waals surface area contributed by atoms with Crippen LogP contribution < -0.4 is 5.73 Å². The normalized spacial score (nSPS) is 16.1. The summed E-state index contributed by atoms with van der Waals surface area (Å²) in [6.07, 6.45) is 2.26. The maximum Gasteiger partial charge on any atom is 0.338 e. The quantitative estimate of drug-likeness (QED) is 0.584. The van der Waals surface area contributed by atoms with Crippen LogP contribution in [-0.4, -0.2) is 41.5 Å². The molecule has 148 valence electrons. The van der Waals surface area contributed by atoms with Gasteiger partial charge in [-0.3, -0.25) is 9.59 Å². The maximum atomic E-state index is 12.6. The zero-order valence-electron chi connectivity index (χ0n) is 16.1. The average molecular weight is 384 g/mol. The lowest BCUT2D eigenvalue weighted by molar-refractivity contribution is 0.0474. The van der Waals surface area contributed by atoms with Gasteiger partial charge in [0.25, 0.3) is 0 Å². The van der Waals surface area contributed by atoms with Gasteiger partial charge >= 0.3 is 5.97 Å². The molecular weight excluding hydrogens is 360 g/mol. The molecule has 0 spiro atoms. The Kier molecular flexibility index (Phi) is 5.94. The van der Waals surface area contributed by atoms with Crippen molar-refractivity contribution >= 4 is 17.7 Å². The molecule has 1 aliphatic heterocycles. The summed E-state index contributed by atoms with van der Waals surface area (Å²) in [6, 6.07) is 7.60. The van der Waals surface area contributed by atoms with Crippen LogP contribution in [0.5, 0.6) is 0 Å². The minimum absolute atomic E-state index is 0.175. The lowest BCUT2D eigenvalue weighted by atomic mass is 10.1. The van der Waals surface area contributed by atoms with E-state index in [9.17, 15) is 14.4 Å². The Balaban J connectivity index is 1.62. The smallest absolute Gasteiger partial charge is 0.338 e. The molecule has 1 saturated heterocycles. The number of aryl methyl sites for hydroxylation is 1. The van der Waals surface area contributed by atoms with E-state index in [1.165, 1.54) is 24.3 Å². The average Bonchev–Trinajstić information content (AvgIpc) is 3.29. The third-order valence-electron chi connectivity index (χ3n) is 5.02. The molecule has 1 aliphatic rings. The van der Waals surface area contributed by atoms with E-state index < -0.39 is 11.9 Å². The van der Waals surface area contributed by atoms with Crippen molar-refractivity contribution in [2.75, 3.05) is 13.2 Å². The highest BCUT2D eigenvalue weighted by molar-refractivity contribution is 6.00. The van der Waals surface area contributed by atoms with Gasteiger partial charge in [-0.1, -0.05) is 0 Å². The zero-order chi connectivity index (χ0) is 20.3. The predicted molar refractivity (Wildman–Crippen MR) is 102 cm³/mol. The van der Waals surface area contributed by atoms with Crippen molar-refractivity contribution in [3.05, 3.63) is 58.4 Å². The van der Waals surface area contributed by atoms with Crippen molar-refractivity contribution in [2.45, 2.75) is 39.3 Å². The second kappa shape index (κ2) is 8.39. The molecule has 2 aromatic rings. The van der Waals surface area contributed by atoms with Gasteiger partial charge in [0, 0.05) is 35.7 Å². The summed E-state index contributed by atoms with van der Waals surface area (Å²) in [4.78, 5) is 35.8. The first-order chi connectivity index (χ1) is 13.4. The molecule has 1 fully saturated rings. The number of nitrogens with zero attached hydrogens (tertiary/aromatic N) is 1. The van der Waals surface area contributed by atoms with Crippen molar-refractivity contribution in [3.8, 4) is 0 Å². The lowest BCUT2D eigenvalue weighted by Gasteiger charge is -2.14. The predicted octanol–water partition coefficient (Wildman–Crippen LogP) is 2.42. The Morgan fingerprint density at radius 2 is 1.86 bits per heavy atom. The third kappa shape index (κ3) is 4.31. The topological polar surface area (TPSA) is 101 Å². The fourth-order valence-corrected chi connectivity index (χ4v) is 3.42. The highest BCUT2D eigenvalue weighted by Gasteiger charge is 2.22. The third-order valence-corrected chi connectivity index (χ3v) is 5.02. The van der Waals surface area contributed by atoms with Crippen molar-refractivity contribution < 1.29 is 23.9 Å². The van der Waals surface area contributed by atoms with Gasteiger partial charge in [0.2, 0.25) is 11.7 Å². The number of benzene rings is 1. The van der Waals surface area contributed by atoms with E-state index >= 15 is 0 Å². The van der Waals surface area contributed by atoms with Crippen molar-refractivity contribution in [1.82, 2.24) is 4.57 Å². The number of aromatic nitrogens is 1. The SMILES string of the molecule is Cc1cc(C(=O)COC(=O)c2ccc(C(N)=O)cc2)c(C)n1CC1CCCO1. The molecule has 7 nitrogen and oxygen atoms in total. The van der Waals surface area contributed by atoms with E-state index in [-0.39, 0.29) is 24.1 Å². The van der Waals surface area contributed by atoms with Gasteiger partial charge in [0.1, 0.15) is 0 Å². The molecule has 0 radical (unpaired) electrons. The minimum Gasteiger partial charge on any atom is -0.454 e. The van der Waals surface area contributed by atoms with Gasteiger partial charge < -0.3 is 19.8 Å². The van der Waals surface area contributed by atoms with Crippen molar-refractivity contribution in [2.24, 2.45) is 5.73 Å². The summed E-state index contributed by atoms with van der Waals surface area (Å²) in [7, 11) is 0. The van der Waals surface area contributed by atoms with E-state index in [0.717, 1.165) is 37.4 Å². The molecule has 3 rings (SSSR count). The number of ketones is 1. The Labute approximate surface area is 163 Å². The Morgan fingerprint density at radius 3 is 2.46 bits per heavy atom. The fourth-order valence-electron chi connectivity index (χ4n) is 3.42. The summed E-state index contributed by atoms with van der Waals surface area (Å²) >= 11 is 0. The standard InChI is InChI=1S/C21H24N2O5/c1-13-10-18(14(2)23(13)11-17-4-3-9-27-17)19(24)12-28-21(26)16-7-5-15(6-8-16)20(22)25/h5-8,10,17H,3-4,9,11-12H2,1-2H3,(H2,22,25). The summed E-state index contributed by atoms with van der Waals surface area (Å²) in [5.74, 6) is -1.46. The highest BCUT2D eigenvalue weighted by atomic mass is 16.5. The minimum atomic E-state index is -0.627. The lowest BCUT2D eigenvalue weighted by Crippen LogP contribution is -2.18. The molecular formula is C21H24N2O5. The van der Waals surface area contributed by atoms with Crippen LogP contribution in [-0.2, 0) is 16.0 Å². The second-order valence-electron chi connectivity index (χ2n) is 6.97. The van der Waals surface area contributed by atoms with Gasteiger partial charge in [0.15, 0.2) is 6.61 Å². The van der Waals surface area contributed by atoms with Crippen molar-refractivity contribution in [3.63, 3.8) is 0 Å². The number of hydrogen-bond acceptors (Lipinski definition) is 5. The molecule has 0 bridgehead atoms. The van der Waals surface area contributed by atoms with E-state index in [1.807, 2.05) is 19.9 Å². The molecule has 0 saturated carbocycles. The first-order valence-electron chi connectivity index (χ1n) is 9.25. The molecule has 7 heteroatoms. The summed E-state index contributed by atoms with van der Waals surface area (Å²) in [6.45, 7) is 4.99. The molecule has 1 unspecified atom stereocenters. The molecule has 2 heterocycles. The Morgan fingerprint density at radius 1 is 1.18 bits per heavy atom. The number of amides is 1. The second-order valence-corrected chi connectivity index (χ2v) is 6.97. The van der Waals surface area contributed by atoms with Gasteiger partial charge in [-0.25, -0.2) is 4.79 Å². The number of primary amides is 1. The number of ether oxygens (including phenoxy) is 2. The Hall–Kier alpha value is -2.93. The van der Waals surface area contributed by atoms with E-state index in [2.05, 4.69) is 4.57 Å². The monoisotopic (exact) mass is 384 g/mol. The molecule has 2 N–H and O–H groups in total. The molecule has 1 amide bonds. The highest BCUT2D eigenvalue weighted by Crippen LogP contribution is 2.21. The molecule has 1 atom stereocenters. The van der Waals surface area contributed by atoms with E-state index in [0.29, 0.717) is 11.1 Å². The van der Waals surface area contributed by atoms with E-state index in [1.54, 1.807) is 0 Å². The van der Waals surface area contributed by atoms with Gasteiger partial charge in [-0.2, -0.15) is 0 Å². The Bertz CT molecular complexity index is 892. The summed E-state index contributed by atoms with van der Waals surface area (Å²) in [5.41, 5.74) is 8.09. The number of carbonyl (C=O) groups is 3. The van der Waals surface area contributed by atoms with Gasteiger partial charge in [-0.15, -0.1) is 0 Å². The fraction of sp³-hybridized carbons (Fsp3) is 0.381. The molecule has 0 aliphatic carbocycles. The van der Waals surface area contributed by atoms with Crippen LogP contribution in [0.4, 0.5) is 0 Å². The van der Waals surface area contributed by atoms with E-state index in [4.69, 9.17) is 15.2 Å². The summed E-state index contributed by atoms with van der Waals surface area (Å²) < 4.78 is 12.9. The van der Waals surface area contributed by atoms with Crippen LogP contribution in [0.1, 0.15) is 55.3 Å². The van der Waals surface area contributed by atoms with Crippen LogP contribution in [0.3, 0.4) is 0 Å². The van der Waals surface area contributed by atoms with Gasteiger partial charge in [-0.05, 0) is 57.0 Å². The van der Waals surface area contributed by atoms with Crippen LogP contribution in [0.15, 0.2) is 30.3 Å². The first-order valence-corrected chi connectivity index (χ1v) is 9.25. The molecule has 1 aromatic heterocycles. The van der Waals surface area contributed by atoms with Gasteiger partial charge in [0.05, 0.1) is 11.7 Å². The number of esters is 1. The molecule has 28 heavy (non-hydrogen) atoms. The maximum absolute atomic E-state index is 12.6. The number of Topliss-reactive ketones (excluding diaryl/α,β-unsaturated/α-hetero) is 1. The number of nitrogens with two attached hydrogens (primary N) is 1. The summed E-state index contributed by atoms with van der Waals surface area (Å²) in [5, 5.41) is 0. The molecule has 1 aromatic carbocycles. The number of carbonyl (C=O) groups excluding carboxylic acids is 3.